The van der Waals surface area contributed by atoms with E-state index in [-0.39, 0.29) is 23.7 Å². The number of pyridine rings is 1. The van der Waals surface area contributed by atoms with Gasteiger partial charge in [-0.1, -0.05) is 0 Å². The summed E-state index contributed by atoms with van der Waals surface area (Å²) in [5.74, 6) is -1.08. The summed E-state index contributed by atoms with van der Waals surface area (Å²) >= 11 is 0. The third-order valence-corrected chi connectivity index (χ3v) is 3.06. The summed E-state index contributed by atoms with van der Waals surface area (Å²) in [6, 6.07) is 1.06. The molecule has 0 spiro atoms. The zero-order valence-electron chi connectivity index (χ0n) is 11.1. The smallest absolute Gasteiger partial charge is 0.337 e. The van der Waals surface area contributed by atoms with E-state index >= 15 is 0 Å². The van der Waals surface area contributed by atoms with Crippen molar-refractivity contribution in [2.24, 2.45) is 0 Å². The average molecular weight is 279 g/mol. The molecule has 0 aliphatic carbocycles. The predicted octanol–water partition coefficient (Wildman–Crippen LogP) is 1.47. The summed E-state index contributed by atoms with van der Waals surface area (Å²) in [7, 11) is 0. The number of aromatic carboxylic acids is 1. The first-order valence-corrected chi connectivity index (χ1v) is 6.42. The van der Waals surface area contributed by atoms with Gasteiger partial charge in [0.2, 0.25) is 0 Å². The highest BCUT2D eigenvalue weighted by atomic mass is 16.5. The van der Waals surface area contributed by atoms with E-state index in [1.54, 1.807) is 0 Å². The molecule has 108 valence electrons. The van der Waals surface area contributed by atoms with Crippen LogP contribution in [0, 0.1) is 0 Å². The minimum absolute atomic E-state index is 0.0301. The van der Waals surface area contributed by atoms with Crippen LogP contribution in [0.5, 0.6) is 0 Å². The van der Waals surface area contributed by atoms with Crippen LogP contribution in [0.4, 0.5) is 10.5 Å². The van der Waals surface area contributed by atoms with Gasteiger partial charge < -0.3 is 20.5 Å². The fourth-order valence-corrected chi connectivity index (χ4v) is 2.11. The van der Waals surface area contributed by atoms with Gasteiger partial charge in [0.25, 0.3) is 0 Å². The van der Waals surface area contributed by atoms with E-state index in [1.807, 2.05) is 6.92 Å². The highest BCUT2D eigenvalue weighted by Gasteiger charge is 2.20. The molecule has 2 amide bonds. The second kappa shape index (κ2) is 6.33. The molecule has 7 heteroatoms. The highest BCUT2D eigenvalue weighted by molar-refractivity contribution is 5.92. The molecule has 1 fully saturated rings. The number of rotatable bonds is 3. The highest BCUT2D eigenvalue weighted by Crippen LogP contribution is 2.14. The number of urea groups is 1. The van der Waals surface area contributed by atoms with Crippen molar-refractivity contribution in [2.45, 2.75) is 31.9 Å². The predicted molar refractivity (Wildman–Crippen MR) is 71.8 cm³/mol. The molecule has 1 saturated heterocycles. The molecule has 3 N–H and O–H groups in total. The monoisotopic (exact) mass is 279 g/mol. The number of ether oxygens (including phenoxy) is 1. The van der Waals surface area contributed by atoms with Crippen molar-refractivity contribution < 1.29 is 19.4 Å². The maximum Gasteiger partial charge on any atom is 0.337 e. The van der Waals surface area contributed by atoms with Crippen LogP contribution in [0.2, 0.25) is 0 Å². The minimum atomic E-state index is -1.08. The molecule has 0 saturated carbocycles. The van der Waals surface area contributed by atoms with Gasteiger partial charge in [-0.2, -0.15) is 0 Å². The normalized spacial score (nSPS) is 22.1. The number of nitrogens with one attached hydrogen (secondary N) is 2. The van der Waals surface area contributed by atoms with Crippen LogP contribution in [0.25, 0.3) is 0 Å². The lowest BCUT2D eigenvalue weighted by molar-refractivity contribution is 0.0157. The Morgan fingerprint density at radius 2 is 2.25 bits per heavy atom. The Balaban J connectivity index is 1.91. The first-order valence-electron chi connectivity index (χ1n) is 6.42. The third-order valence-electron chi connectivity index (χ3n) is 3.06. The van der Waals surface area contributed by atoms with Crippen LogP contribution >= 0.6 is 0 Å². The first kappa shape index (κ1) is 14.3. The maximum absolute atomic E-state index is 11.8. The molecule has 1 aliphatic rings. The number of nitrogens with zero attached hydrogens (tertiary/aromatic N) is 1. The number of amides is 2. The molecular formula is C13H17N3O4. The zero-order valence-corrected chi connectivity index (χ0v) is 11.1. The molecular weight excluding hydrogens is 262 g/mol. The standard InChI is InChI=1S/C13H17N3O4/c1-8-4-10(2-3-20-8)15-13(19)16-11-5-9(12(17)18)6-14-7-11/h5-8,10H,2-4H2,1H3,(H,17,18)(H2,15,16,19). The maximum atomic E-state index is 11.8. The van der Waals surface area contributed by atoms with E-state index in [2.05, 4.69) is 15.6 Å². The Morgan fingerprint density at radius 1 is 1.45 bits per heavy atom. The summed E-state index contributed by atoms with van der Waals surface area (Å²) < 4.78 is 5.40. The average Bonchev–Trinajstić information content (AvgIpc) is 2.38. The number of carboxylic acids is 1. The second-order valence-electron chi connectivity index (χ2n) is 4.77. The molecule has 2 unspecified atom stereocenters. The fraction of sp³-hybridized carbons (Fsp3) is 0.462. The van der Waals surface area contributed by atoms with Gasteiger partial charge in [-0.15, -0.1) is 0 Å². The number of carboxylic acid groups (broad SMARTS) is 1. The molecule has 0 radical (unpaired) electrons. The number of aromatic nitrogens is 1. The number of hydrogen-bond donors (Lipinski definition) is 3. The molecule has 0 bridgehead atoms. The summed E-state index contributed by atoms with van der Waals surface area (Å²) in [4.78, 5) is 26.4. The van der Waals surface area contributed by atoms with Gasteiger partial charge in [0, 0.05) is 18.8 Å². The molecule has 1 aromatic rings. The Labute approximate surface area is 116 Å². The van der Waals surface area contributed by atoms with Crippen LogP contribution in [-0.2, 0) is 4.74 Å². The van der Waals surface area contributed by atoms with Crippen LogP contribution < -0.4 is 10.6 Å². The summed E-state index contributed by atoms with van der Waals surface area (Å²) in [5, 5.41) is 14.3. The lowest BCUT2D eigenvalue weighted by Gasteiger charge is -2.27. The zero-order chi connectivity index (χ0) is 14.5. The third kappa shape index (κ3) is 3.92. The summed E-state index contributed by atoms with van der Waals surface area (Å²) in [5.41, 5.74) is 0.380. The van der Waals surface area contributed by atoms with Crippen molar-refractivity contribution in [3.05, 3.63) is 24.0 Å². The van der Waals surface area contributed by atoms with Gasteiger partial charge in [-0.3, -0.25) is 4.98 Å². The molecule has 7 nitrogen and oxygen atoms in total. The quantitative estimate of drug-likeness (QED) is 0.777. The van der Waals surface area contributed by atoms with E-state index in [0.717, 1.165) is 12.8 Å². The first-order chi connectivity index (χ1) is 9.54. The number of carbonyl (C=O) groups is 2. The minimum Gasteiger partial charge on any atom is -0.478 e. The molecule has 2 rings (SSSR count). The molecule has 1 aliphatic heterocycles. The second-order valence-corrected chi connectivity index (χ2v) is 4.77. The van der Waals surface area contributed by atoms with Crippen molar-refractivity contribution in [1.82, 2.24) is 10.3 Å². The lowest BCUT2D eigenvalue weighted by Crippen LogP contribution is -2.43. The van der Waals surface area contributed by atoms with Crippen molar-refractivity contribution in [3.8, 4) is 0 Å². The molecule has 1 aromatic heterocycles. The van der Waals surface area contributed by atoms with E-state index in [1.165, 1.54) is 18.5 Å². The van der Waals surface area contributed by atoms with Crippen molar-refractivity contribution >= 4 is 17.7 Å². The van der Waals surface area contributed by atoms with Gasteiger partial charge in [-0.25, -0.2) is 9.59 Å². The fourth-order valence-electron chi connectivity index (χ4n) is 2.11. The Bertz CT molecular complexity index is 506. The van der Waals surface area contributed by atoms with E-state index < -0.39 is 5.97 Å². The van der Waals surface area contributed by atoms with Crippen molar-refractivity contribution in [1.29, 1.82) is 0 Å². The summed E-state index contributed by atoms with van der Waals surface area (Å²) in [6.45, 7) is 2.59. The van der Waals surface area contributed by atoms with Crippen LogP contribution in [0.15, 0.2) is 18.5 Å². The Morgan fingerprint density at radius 3 is 2.95 bits per heavy atom. The van der Waals surface area contributed by atoms with Gasteiger partial charge in [0.05, 0.1) is 23.6 Å². The van der Waals surface area contributed by atoms with Crippen LogP contribution in [-0.4, -0.2) is 40.8 Å². The van der Waals surface area contributed by atoms with Gasteiger partial charge in [-0.05, 0) is 25.8 Å². The van der Waals surface area contributed by atoms with Crippen molar-refractivity contribution in [2.75, 3.05) is 11.9 Å². The molecule has 20 heavy (non-hydrogen) atoms. The largest absolute Gasteiger partial charge is 0.478 e. The van der Waals surface area contributed by atoms with E-state index in [0.29, 0.717) is 12.3 Å². The topological polar surface area (TPSA) is 101 Å². The molecule has 0 aromatic carbocycles. The number of anilines is 1. The lowest BCUT2D eigenvalue weighted by atomic mass is 10.0. The van der Waals surface area contributed by atoms with Crippen LogP contribution in [0.1, 0.15) is 30.1 Å². The number of carbonyl (C=O) groups excluding carboxylic acids is 1. The van der Waals surface area contributed by atoms with E-state index in [4.69, 9.17) is 9.84 Å². The molecule has 2 heterocycles. The Hall–Kier alpha value is -2.15. The van der Waals surface area contributed by atoms with Gasteiger partial charge in [0.15, 0.2) is 0 Å². The van der Waals surface area contributed by atoms with Crippen molar-refractivity contribution in [3.63, 3.8) is 0 Å². The Kier molecular flexibility index (Phi) is 4.52. The summed E-state index contributed by atoms with van der Waals surface area (Å²) in [6.07, 6.45) is 4.29. The van der Waals surface area contributed by atoms with Crippen LogP contribution in [0.3, 0.4) is 0 Å². The SMILES string of the molecule is CC1CC(NC(=O)Nc2cncc(C(=O)O)c2)CCO1. The molecule has 2 atom stereocenters. The van der Waals surface area contributed by atoms with Gasteiger partial charge >= 0.3 is 12.0 Å². The number of hydrogen-bond acceptors (Lipinski definition) is 4. The van der Waals surface area contributed by atoms with Gasteiger partial charge in [0.1, 0.15) is 0 Å². The van der Waals surface area contributed by atoms with E-state index in [9.17, 15) is 9.59 Å².